The van der Waals surface area contributed by atoms with E-state index in [1.807, 2.05) is 0 Å². The molecule has 0 saturated heterocycles. The van der Waals surface area contributed by atoms with Crippen molar-refractivity contribution in [3.05, 3.63) is 48.5 Å². The van der Waals surface area contributed by atoms with Gasteiger partial charge in [-0.1, -0.05) is 24.3 Å². The first-order valence-electron chi connectivity index (χ1n) is 6.35. The molecule has 18 heavy (non-hydrogen) atoms. The molecule has 90 valence electrons. The summed E-state index contributed by atoms with van der Waals surface area (Å²) in [6, 6.07) is 17.2. The van der Waals surface area contributed by atoms with Crippen LogP contribution in [0, 0.1) is 0 Å². The molecule has 3 rings (SSSR count). The number of pyridine rings is 1. The third-order valence-electron chi connectivity index (χ3n) is 3.10. The number of para-hydroxylation sites is 2. The maximum absolute atomic E-state index is 3.57. The molecule has 0 radical (unpaired) electrons. The minimum Gasteiger partial charge on any atom is -0.381 e. The Morgan fingerprint density at radius 1 is 0.833 bits per heavy atom. The van der Waals surface area contributed by atoms with Crippen LogP contribution in [0.15, 0.2) is 48.5 Å². The largest absolute Gasteiger partial charge is 0.381 e. The van der Waals surface area contributed by atoms with E-state index in [1.54, 1.807) is 0 Å². The first-order chi connectivity index (χ1) is 8.75. The zero-order valence-corrected chi connectivity index (χ0v) is 10.7. The van der Waals surface area contributed by atoms with Crippen molar-refractivity contribution in [1.29, 1.82) is 0 Å². The van der Waals surface area contributed by atoms with Gasteiger partial charge in [0.2, 0.25) is 11.0 Å². The number of rotatable bonds is 2. The molecule has 2 heteroatoms. The van der Waals surface area contributed by atoms with Crippen molar-refractivity contribution in [3.8, 4) is 0 Å². The van der Waals surface area contributed by atoms with Crippen LogP contribution in [0.4, 0.5) is 5.69 Å². The Morgan fingerprint density at radius 3 is 1.83 bits per heavy atom. The summed E-state index contributed by atoms with van der Waals surface area (Å²) in [5.74, 6) is 0. The average molecular weight is 237 g/mol. The number of hydrogen-bond donors (Lipinski definition) is 1. The lowest BCUT2D eigenvalue weighted by Gasteiger charge is -2.13. The van der Waals surface area contributed by atoms with E-state index in [0.29, 0.717) is 6.04 Å². The average Bonchev–Trinajstić information content (AvgIpc) is 2.38. The van der Waals surface area contributed by atoms with Gasteiger partial charge in [0.05, 0.1) is 16.5 Å². The summed E-state index contributed by atoms with van der Waals surface area (Å²) in [4.78, 5) is 3.48. The summed E-state index contributed by atoms with van der Waals surface area (Å²) in [7, 11) is 0. The number of fused-ring (bicyclic) bond motifs is 2. The SMILES string of the molecule is CC(C)Nc1c2ccccc2[nH+]c2ccccc12. The fraction of sp³-hybridized carbons (Fsp3) is 0.188. The standard InChI is InChI=1S/C16H16N2/c1-11(2)17-16-12-7-3-5-9-14(12)18-15-10-6-4-8-13(15)16/h3-11H,1-2H3,(H,17,18)/p+1. The molecule has 0 amide bonds. The Morgan fingerprint density at radius 2 is 1.33 bits per heavy atom. The quantitative estimate of drug-likeness (QED) is 0.677. The number of aromatic amines is 1. The van der Waals surface area contributed by atoms with E-state index in [1.165, 1.54) is 27.5 Å². The molecular weight excluding hydrogens is 220 g/mol. The summed E-state index contributed by atoms with van der Waals surface area (Å²) >= 11 is 0. The highest BCUT2D eigenvalue weighted by Crippen LogP contribution is 2.28. The molecule has 2 nitrogen and oxygen atoms in total. The van der Waals surface area contributed by atoms with Crippen molar-refractivity contribution in [3.63, 3.8) is 0 Å². The minimum atomic E-state index is 0.416. The lowest BCUT2D eigenvalue weighted by atomic mass is 10.1. The van der Waals surface area contributed by atoms with Gasteiger partial charge >= 0.3 is 0 Å². The van der Waals surface area contributed by atoms with Gasteiger partial charge in [0.25, 0.3) is 0 Å². The van der Waals surface area contributed by atoms with Crippen molar-refractivity contribution >= 4 is 27.5 Å². The van der Waals surface area contributed by atoms with Crippen molar-refractivity contribution in [2.45, 2.75) is 19.9 Å². The zero-order chi connectivity index (χ0) is 12.5. The number of benzene rings is 2. The second kappa shape index (κ2) is 4.30. The molecule has 2 aromatic carbocycles. The molecule has 0 spiro atoms. The molecule has 0 saturated carbocycles. The highest BCUT2D eigenvalue weighted by Gasteiger charge is 2.13. The minimum absolute atomic E-state index is 0.416. The van der Waals surface area contributed by atoms with Crippen molar-refractivity contribution in [1.82, 2.24) is 0 Å². The normalized spacial score (nSPS) is 11.3. The van der Waals surface area contributed by atoms with E-state index in [9.17, 15) is 0 Å². The third kappa shape index (κ3) is 1.80. The van der Waals surface area contributed by atoms with Gasteiger partial charge in [-0.25, -0.2) is 4.98 Å². The van der Waals surface area contributed by atoms with Crippen molar-refractivity contribution in [2.24, 2.45) is 0 Å². The lowest BCUT2D eigenvalue weighted by molar-refractivity contribution is -0.310. The molecule has 0 atom stereocenters. The molecule has 1 heterocycles. The van der Waals surface area contributed by atoms with Gasteiger partial charge in [-0.05, 0) is 26.0 Å². The van der Waals surface area contributed by atoms with Crippen molar-refractivity contribution < 1.29 is 4.98 Å². The molecule has 2 N–H and O–H groups in total. The second-order valence-corrected chi connectivity index (χ2v) is 4.89. The Balaban J connectivity index is 2.41. The van der Waals surface area contributed by atoms with Crippen LogP contribution < -0.4 is 10.3 Å². The molecule has 0 fully saturated rings. The molecule has 0 bridgehead atoms. The first kappa shape index (κ1) is 11.0. The topological polar surface area (TPSA) is 26.2 Å². The van der Waals surface area contributed by atoms with Gasteiger partial charge < -0.3 is 5.32 Å². The van der Waals surface area contributed by atoms with Crippen LogP contribution in [-0.4, -0.2) is 6.04 Å². The van der Waals surface area contributed by atoms with E-state index in [0.717, 1.165) is 0 Å². The van der Waals surface area contributed by atoms with Gasteiger partial charge in [0, 0.05) is 18.2 Å². The number of nitrogens with one attached hydrogen (secondary N) is 2. The highest BCUT2D eigenvalue weighted by molar-refractivity contribution is 6.04. The van der Waals surface area contributed by atoms with Crippen LogP contribution in [0.25, 0.3) is 21.8 Å². The Hall–Kier alpha value is -2.09. The monoisotopic (exact) mass is 237 g/mol. The molecule has 0 aliphatic heterocycles. The van der Waals surface area contributed by atoms with Gasteiger partial charge in [0.1, 0.15) is 0 Å². The second-order valence-electron chi connectivity index (χ2n) is 4.89. The number of H-pyrrole nitrogens is 1. The van der Waals surface area contributed by atoms with Crippen LogP contribution in [0.3, 0.4) is 0 Å². The lowest BCUT2D eigenvalue weighted by Crippen LogP contribution is -2.14. The molecule has 1 aromatic heterocycles. The zero-order valence-electron chi connectivity index (χ0n) is 10.7. The van der Waals surface area contributed by atoms with E-state index in [2.05, 4.69) is 72.7 Å². The summed E-state index contributed by atoms with van der Waals surface area (Å²) in [6.45, 7) is 4.33. The summed E-state index contributed by atoms with van der Waals surface area (Å²) in [6.07, 6.45) is 0. The summed E-state index contributed by atoms with van der Waals surface area (Å²) < 4.78 is 0. The Kier molecular flexibility index (Phi) is 2.63. The molecule has 0 aliphatic rings. The Labute approximate surface area is 107 Å². The van der Waals surface area contributed by atoms with Crippen LogP contribution in [0.1, 0.15) is 13.8 Å². The van der Waals surface area contributed by atoms with Crippen LogP contribution in [-0.2, 0) is 0 Å². The fourth-order valence-corrected chi connectivity index (χ4v) is 2.35. The van der Waals surface area contributed by atoms with Crippen LogP contribution in [0.5, 0.6) is 0 Å². The molecule has 3 aromatic rings. The Bertz CT molecular complexity index is 648. The number of hydrogen-bond acceptors (Lipinski definition) is 1. The number of anilines is 1. The van der Waals surface area contributed by atoms with Gasteiger partial charge in [-0.3, -0.25) is 0 Å². The molecule has 0 unspecified atom stereocenters. The predicted octanol–water partition coefficient (Wildman–Crippen LogP) is 3.63. The van der Waals surface area contributed by atoms with E-state index in [4.69, 9.17) is 0 Å². The van der Waals surface area contributed by atoms with Crippen LogP contribution in [0.2, 0.25) is 0 Å². The maximum atomic E-state index is 3.57. The third-order valence-corrected chi connectivity index (χ3v) is 3.10. The molecule has 0 aliphatic carbocycles. The van der Waals surface area contributed by atoms with Gasteiger partial charge in [-0.2, -0.15) is 0 Å². The van der Waals surface area contributed by atoms with E-state index in [-0.39, 0.29) is 0 Å². The van der Waals surface area contributed by atoms with Crippen molar-refractivity contribution in [2.75, 3.05) is 5.32 Å². The smallest absolute Gasteiger partial charge is 0.213 e. The van der Waals surface area contributed by atoms with E-state index < -0.39 is 0 Å². The van der Waals surface area contributed by atoms with E-state index >= 15 is 0 Å². The highest BCUT2D eigenvalue weighted by atomic mass is 14.9. The predicted molar refractivity (Wildman–Crippen MR) is 76.8 cm³/mol. The van der Waals surface area contributed by atoms with Gasteiger partial charge in [0.15, 0.2) is 0 Å². The summed E-state index contributed by atoms with van der Waals surface area (Å²) in [5, 5.41) is 6.05. The van der Waals surface area contributed by atoms with Gasteiger partial charge in [-0.15, -0.1) is 0 Å². The fourth-order valence-electron chi connectivity index (χ4n) is 2.35. The molecular formula is C16H17N2+. The maximum Gasteiger partial charge on any atom is 0.213 e. The first-order valence-corrected chi connectivity index (χ1v) is 6.35. The summed E-state index contributed by atoms with van der Waals surface area (Å²) in [5.41, 5.74) is 3.55. The van der Waals surface area contributed by atoms with Crippen LogP contribution >= 0.6 is 0 Å². The number of aromatic nitrogens is 1.